The van der Waals surface area contributed by atoms with Gasteiger partial charge in [-0.15, -0.1) is 0 Å². The largest absolute Gasteiger partial charge is 0.473 e. The van der Waals surface area contributed by atoms with E-state index in [2.05, 4.69) is 10.6 Å². The Kier molecular flexibility index (Phi) is 3.97. The van der Waals surface area contributed by atoms with Gasteiger partial charge in [0.15, 0.2) is 6.73 Å². The van der Waals surface area contributed by atoms with Crippen molar-refractivity contribution in [3.8, 4) is 5.75 Å². The van der Waals surface area contributed by atoms with Gasteiger partial charge in [0.1, 0.15) is 5.75 Å². The highest BCUT2D eigenvalue weighted by Crippen LogP contribution is 2.15. The molecule has 0 fully saturated rings. The van der Waals surface area contributed by atoms with E-state index in [1.54, 1.807) is 7.05 Å². The van der Waals surface area contributed by atoms with Crippen LogP contribution in [0.25, 0.3) is 0 Å². The molecule has 4 heteroatoms. The molecule has 0 aromatic heterocycles. The van der Waals surface area contributed by atoms with E-state index < -0.39 is 0 Å². The number of carbonyl (C=O) groups excluding carboxylic acids is 1. The Labute approximate surface area is 89.6 Å². The van der Waals surface area contributed by atoms with Gasteiger partial charge in [0.2, 0.25) is 0 Å². The fourth-order valence-corrected chi connectivity index (χ4v) is 1.08. The van der Waals surface area contributed by atoms with Crippen molar-refractivity contribution in [3.05, 3.63) is 29.3 Å². The number of aryl methyl sites for hydroxylation is 2. The molecule has 1 rings (SSSR count). The lowest BCUT2D eigenvalue weighted by atomic mass is 10.1. The fraction of sp³-hybridized carbons (Fsp3) is 0.364. The summed E-state index contributed by atoms with van der Waals surface area (Å²) in [4.78, 5) is 10.8. The quantitative estimate of drug-likeness (QED) is 0.741. The fourth-order valence-electron chi connectivity index (χ4n) is 1.08. The molecular formula is C11H16N2O2. The van der Waals surface area contributed by atoms with E-state index in [0.29, 0.717) is 0 Å². The van der Waals surface area contributed by atoms with Crippen molar-refractivity contribution in [2.45, 2.75) is 13.8 Å². The van der Waals surface area contributed by atoms with Gasteiger partial charge in [0, 0.05) is 7.05 Å². The van der Waals surface area contributed by atoms with Crippen molar-refractivity contribution in [3.63, 3.8) is 0 Å². The molecule has 0 heterocycles. The Morgan fingerprint density at radius 1 is 1.33 bits per heavy atom. The Hall–Kier alpha value is -1.71. The van der Waals surface area contributed by atoms with Crippen LogP contribution in [-0.2, 0) is 0 Å². The van der Waals surface area contributed by atoms with E-state index in [1.165, 1.54) is 11.1 Å². The first-order valence-electron chi connectivity index (χ1n) is 4.79. The second-order valence-electron chi connectivity index (χ2n) is 3.29. The minimum absolute atomic E-state index is 0.169. The topological polar surface area (TPSA) is 50.4 Å². The standard InChI is InChI=1S/C11H16N2O2/c1-8-4-5-10(6-9(8)2)15-7-13-11(14)12-3/h4-6H,7H2,1-3H3,(H2,12,13,14). The van der Waals surface area contributed by atoms with Gasteiger partial charge in [-0.25, -0.2) is 4.79 Å². The Balaban J connectivity index is 2.44. The zero-order chi connectivity index (χ0) is 11.3. The Morgan fingerprint density at radius 3 is 2.67 bits per heavy atom. The highest BCUT2D eigenvalue weighted by Gasteiger charge is 1.98. The number of amides is 2. The molecule has 4 nitrogen and oxygen atoms in total. The third-order valence-electron chi connectivity index (χ3n) is 2.18. The molecule has 0 spiro atoms. The van der Waals surface area contributed by atoms with Gasteiger partial charge in [-0.3, -0.25) is 0 Å². The van der Waals surface area contributed by atoms with Crippen LogP contribution < -0.4 is 15.4 Å². The average molecular weight is 208 g/mol. The van der Waals surface area contributed by atoms with Crippen molar-refractivity contribution in [2.24, 2.45) is 0 Å². The van der Waals surface area contributed by atoms with E-state index in [4.69, 9.17) is 4.74 Å². The molecule has 1 aromatic carbocycles. The number of nitrogens with one attached hydrogen (secondary N) is 2. The predicted molar refractivity (Wildman–Crippen MR) is 59.0 cm³/mol. The Bertz CT molecular complexity index is 350. The molecule has 0 unspecified atom stereocenters. The lowest BCUT2D eigenvalue weighted by Crippen LogP contribution is -2.35. The molecule has 2 N–H and O–H groups in total. The van der Waals surface area contributed by atoms with E-state index in [9.17, 15) is 4.79 Å². The number of rotatable bonds is 3. The zero-order valence-corrected chi connectivity index (χ0v) is 9.26. The van der Waals surface area contributed by atoms with Gasteiger partial charge in [-0.2, -0.15) is 0 Å². The van der Waals surface area contributed by atoms with Crippen LogP contribution in [0.2, 0.25) is 0 Å². The van der Waals surface area contributed by atoms with Crippen LogP contribution >= 0.6 is 0 Å². The van der Waals surface area contributed by atoms with Crippen molar-refractivity contribution in [1.82, 2.24) is 10.6 Å². The minimum atomic E-state index is -0.251. The van der Waals surface area contributed by atoms with Gasteiger partial charge in [0.25, 0.3) is 0 Å². The molecule has 0 saturated heterocycles. The van der Waals surface area contributed by atoms with Crippen molar-refractivity contribution in [1.29, 1.82) is 0 Å². The first kappa shape index (κ1) is 11.4. The molecule has 0 aliphatic rings. The zero-order valence-electron chi connectivity index (χ0n) is 9.26. The first-order chi connectivity index (χ1) is 7.13. The van der Waals surface area contributed by atoms with Crippen LogP contribution in [0.1, 0.15) is 11.1 Å². The van der Waals surface area contributed by atoms with Gasteiger partial charge in [-0.1, -0.05) is 6.07 Å². The molecule has 0 bridgehead atoms. The molecule has 82 valence electrons. The van der Waals surface area contributed by atoms with Gasteiger partial charge >= 0.3 is 6.03 Å². The first-order valence-corrected chi connectivity index (χ1v) is 4.79. The highest BCUT2D eigenvalue weighted by atomic mass is 16.5. The molecule has 15 heavy (non-hydrogen) atoms. The third-order valence-corrected chi connectivity index (χ3v) is 2.18. The summed E-state index contributed by atoms with van der Waals surface area (Å²) in [5.41, 5.74) is 2.40. The number of carbonyl (C=O) groups is 1. The van der Waals surface area contributed by atoms with Crippen LogP contribution in [0.15, 0.2) is 18.2 Å². The van der Waals surface area contributed by atoms with Gasteiger partial charge < -0.3 is 15.4 Å². The molecule has 0 aliphatic carbocycles. The summed E-state index contributed by atoms with van der Waals surface area (Å²) in [7, 11) is 1.56. The van der Waals surface area contributed by atoms with E-state index in [0.717, 1.165) is 5.75 Å². The molecular weight excluding hydrogens is 192 g/mol. The van der Waals surface area contributed by atoms with Crippen LogP contribution in [0.4, 0.5) is 4.79 Å². The van der Waals surface area contributed by atoms with E-state index in [1.807, 2.05) is 32.0 Å². The maximum atomic E-state index is 10.8. The number of benzene rings is 1. The van der Waals surface area contributed by atoms with Crippen LogP contribution in [0.5, 0.6) is 5.75 Å². The number of urea groups is 1. The second kappa shape index (κ2) is 5.24. The molecule has 0 atom stereocenters. The monoisotopic (exact) mass is 208 g/mol. The van der Waals surface area contributed by atoms with Crippen LogP contribution in [-0.4, -0.2) is 19.8 Å². The third kappa shape index (κ3) is 3.50. The van der Waals surface area contributed by atoms with Crippen molar-refractivity contribution < 1.29 is 9.53 Å². The summed E-state index contributed by atoms with van der Waals surface area (Å²) in [6, 6.07) is 5.57. The van der Waals surface area contributed by atoms with Crippen molar-refractivity contribution in [2.75, 3.05) is 13.8 Å². The Morgan fingerprint density at radius 2 is 2.07 bits per heavy atom. The van der Waals surface area contributed by atoms with Crippen molar-refractivity contribution >= 4 is 6.03 Å². The summed E-state index contributed by atoms with van der Waals surface area (Å²) in [5, 5.41) is 4.98. The van der Waals surface area contributed by atoms with E-state index >= 15 is 0 Å². The maximum Gasteiger partial charge on any atom is 0.317 e. The maximum absolute atomic E-state index is 10.8. The summed E-state index contributed by atoms with van der Waals surface area (Å²) >= 11 is 0. The summed E-state index contributed by atoms with van der Waals surface area (Å²) < 4.78 is 5.34. The number of hydrogen-bond donors (Lipinski definition) is 2. The second-order valence-corrected chi connectivity index (χ2v) is 3.29. The number of ether oxygens (including phenoxy) is 1. The normalized spacial score (nSPS) is 9.53. The lowest BCUT2D eigenvalue weighted by molar-refractivity contribution is 0.226. The minimum Gasteiger partial charge on any atom is -0.473 e. The predicted octanol–water partition coefficient (Wildman–Crippen LogP) is 1.57. The highest BCUT2D eigenvalue weighted by molar-refractivity contribution is 5.73. The average Bonchev–Trinajstić information content (AvgIpc) is 2.23. The molecule has 2 amide bonds. The smallest absolute Gasteiger partial charge is 0.317 e. The molecule has 1 aromatic rings. The molecule has 0 aliphatic heterocycles. The van der Waals surface area contributed by atoms with Gasteiger partial charge in [0.05, 0.1) is 0 Å². The summed E-state index contributed by atoms with van der Waals surface area (Å²) in [5.74, 6) is 0.759. The number of hydrogen-bond acceptors (Lipinski definition) is 2. The SMILES string of the molecule is CNC(=O)NCOc1ccc(C)c(C)c1. The van der Waals surface area contributed by atoms with Crippen LogP contribution in [0, 0.1) is 13.8 Å². The summed E-state index contributed by atoms with van der Waals surface area (Å²) in [6.45, 7) is 4.23. The molecule has 0 radical (unpaired) electrons. The van der Waals surface area contributed by atoms with Crippen LogP contribution in [0.3, 0.4) is 0 Å². The lowest BCUT2D eigenvalue weighted by Gasteiger charge is -2.09. The molecule has 0 saturated carbocycles. The van der Waals surface area contributed by atoms with Gasteiger partial charge in [-0.05, 0) is 37.1 Å². The summed E-state index contributed by atoms with van der Waals surface area (Å²) in [6.07, 6.45) is 0. The van der Waals surface area contributed by atoms with E-state index in [-0.39, 0.29) is 12.8 Å².